The first-order valence-electron chi connectivity index (χ1n) is 6.60. The van der Waals surface area contributed by atoms with Gasteiger partial charge in [-0.3, -0.25) is 14.1 Å². The molecule has 5 nitrogen and oxygen atoms in total. The van der Waals surface area contributed by atoms with E-state index in [0.717, 1.165) is 42.5 Å². The Bertz CT molecular complexity index is 644. The molecular formula is C13H18N4OS. The van der Waals surface area contributed by atoms with E-state index < -0.39 is 0 Å². The smallest absolute Gasteiger partial charge is 0.259 e. The molecule has 3 heterocycles. The number of aryl methyl sites for hydroxylation is 1. The third-order valence-corrected chi connectivity index (χ3v) is 4.62. The molecule has 0 atom stereocenters. The van der Waals surface area contributed by atoms with E-state index in [9.17, 15) is 4.79 Å². The molecule has 19 heavy (non-hydrogen) atoms. The number of aromatic nitrogens is 2. The van der Waals surface area contributed by atoms with Crippen molar-refractivity contribution in [3.05, 3.63) is 33.2 Å². The van der Waals surface area contributed by atoms with Crippen molar-refractivity contribution >= 4 is 16.3 Å². The van der Waals surface area contributed by atoms with Crippen LogP contribution >= 0.6 is 11.3 Å². The minimum atomic E-state index is 0.0292. The van der Waals surface area contributed by atoms with Gasteiger partial charge in [0.1, 0.15) is 0 Å². The van der Waals surface area contributed by atoms with Gasteiger partial charge < -0.3 is 5.32 Å². The molecule has 1 N–H and O–H groups in total. The minimum Gasteiger partial charge on any atom is -0.314 e. The van der Waals surface area contributed by atoms with Gasteiger partial charge in [-0.1, -0.05) is 6.92 Å². The Labute approximate surface area is 115 Å². The Morgan fingerprint density at radius 2 is 2.37 bits per heavy atom. The van der Waals surface area contributed by atoms with Crippen LogP contribution in [-0.4, -0.2) is 40.0 Å². The van der Waals surface area contributed by atoms with Gasteiger partial charge in [-0.15, -0.1) is 11.3 Å². The lowest BCUT2D eigenvalue weighted by atomic mass is 10.1. The molecular weight excluding hydrogens is 260 g/mol. The zero-order valence-electron chi connectivity index (χ0n) is 11.2. The zero-order chi connectivity index (χ0) is 13.4. The largest absolute Gasteiger partial charge is 0.314 e. The first kappa shape index (κ1) is 12.8. The summed E-state index contributed by atoms with van der Waals surface area (Å²) in [5.41, 5.74) is 1.86. The van der Waals surface area contributed by atoms with E-state index in [2.05, 4.69) is 22.1 Å². The summed E-state index contributed by atoms with van der Waals surface area (Å²) < 4.78 is 1.68. The Morgan fingerprint density at radius 1 is 1.58 bits per heavy atom. The maximum atomic E-state index is 12.1. The zero-order valence-corrected chi connectivity index (χ0v) is 12.0. The van der Waals surface area contributed by atoms with Crippen LogP contribution in [0, 0.1) is 6.92 Å². The Kier molecular flexibility index (Phi) is 3.38. The molecule has 1 aliphatic rings. The van der Waals surface area contributed by atoms with Crippen molar-refractivity contribution in [2.24, 2.45) is 0 Å². The number of fused-ring (bicyclic) bond motifs is 1. The van der Waals surface area contributed by atoms with Crippen molar-refractivity contribution in [3.63, 3.8) is 0 Å². The van der Waals surface area contributed by atoms with E-state index in [1.165, 1.54) is 11.3 Å². The van der Waals surface area contributed by atoms with Gasteiger partial charge in [0.05, 0.1) is 5.69 Å². The van der Waals surface area contributed by atoms with Crippen LogP contribution in [0.3, 0.4) is 0 Å². The highest BCUT2D eigenvalue weighted by Crippen LogP contribution is 2.14. The van der Waals surface area contributed by atoms with E-state index in [1.54, 1.807) is 10.5 Å². The average molecular weight is 278 g/mol. The molecule has 2 aromatic heterocycles. The number of nitrogens with one attached hydrogen (secondary N) is 1. The van der Waals surface area contributed by atoms with Gasteiger partial charge in [0.15, 0.2) is 4.96 Å². The molecule has 0 bridgehead atoms. The van der Waals surface area contributed by atoms with E-state index >= 15 is 0 Å². The molecule has 1 aliphatic heterocycles. The maximum Gasteiger partial charge on any atom is 0.259 e. The van der Waals surface area contributed by atoms with Crippen LogP contribution in [0.2, 0.25) is 0 Å². The van der Waals surface area contributed by atoms with Crippen LogP contribution in [0.25, 0.3) is 4.96 Å². The highest BCUT2D eigenvalue weighted by atomic mass is 32.1. The van der Waals surface area contributed by atoms with Gasteiger partial charge in [-0.25, -0.2) is 4.98 Å². The normalized spacial score (nSPS) is 16.2. The second kappa shape index (κ2) is 5.03. The standard InChI is InChI=1S/C13H18N4OS/c1-3-16(11-5-14-6-11)7-10-4-12(18)17-9(2)8-19-13(17)15-10/h4,8,11,14H,3,5-7H2,1-2H3. The number of nitrogens with zero attached hydrogens (tertiary/aromatic N) is 3. The summed E-state index contributed by atoms with van der Waals surface area (Å²) in [5, 5.41) is 5.25. The Balaban J connectivity index is 1.90. The fraction of sp³-hybridized carbons (Fsp3) is 0.538. The van der Waals surface area contributed by atoms with Gasteiger partial charge in [0.2, 0.25) is 0 Å². The molecule has 0 aromatic carbocycles. The number of rotatable bonds is 4. The third kappa shape index (κ3) is 2.31. The summed E-state index contributed by atoms with van der Waals surface area (Å²) in [4.78, 5) is 19.9. The molecule has 0 amide bonds. The topological polar surface area (TPSA) is 49.6 Å². The third-order valence-electron chi connectivity index (χ3n) is 3.68. The SMILES string of the molecule is CCN(Cc1cc(=O)n2c(C)csc2n1)C1CNC1. The molecule has 0 unspecified atom stereocenters. The molecule has 1 saturated heterocycles. The fourth-order valence-corrected chi connectivity index (χ4v) is 3.31. The maximum absolute atomic E-state index is 12.1. The quantitative estimate of drug-likeness (QED) is 0.901. The number of hydrogen-bond donors (Lipinski definition) is 1. The van der Waals surface area contributed by atoms with E-state index in [4.69, 9.17) is 0 Å². The first-order valence-corrected chi connectivity index (χ1v) is 7.48. The van der Waals surface area contributed by atoms with E-state index in [-0.39, 0.29) is 5.56 Å². The van der Waals surface area contributed by atoms with Crippen LogP contribution in [-0.2, 0) is 6.54 Å². The summed E-state index contributed by atoms with van der Waals surface area (Å²) in [6.07, 6.45) is 0. The lowest BCUT2D eigenvalue weighted by molar-refractivity contribution is 0.143. The lowest BCUT2D eigenvalue weighted by Crippen LogP contribution is -2.56. The predicted molar refractivity (Wildman–Crippen MR) is 76.8 cm³/mol. The summed E-state index contributed by atoms with van der Waals surface area (Å²) in [6.45, 7) is 7.90. The van der Waals surface area contributed by atoms with Crippen LogP contribution in [0.15, 0.2) is 16.2 Å². The molecule has 0 aliphatic carbocycles. The van der Waals surface area contributed by atoms with Gasteiger partial charge in [-0.05, 0) is 13.5 Å². The van der Waals surface area contributed by atoms with Gasteiger partial charge in [-0.2, -0.15) is 0 Å². The van der Waals surface area contributed by atoms with Gasteiger partial charge in [0, 0.05) is 42.8 Å². The summed E-state index contributed by atoms with van der Waals surface area (Å²) in [6, 6.07) is 2.25. The monoisotopic (exact) mass is 278 g/mol. The van der Waals surface area contributed by atoms with Crippen LogP contribution in [0.1, 0.15) is 18.3 Å². The molecule has 102 valence electrons. The first-order chi connectivity index (χ1) is 9.19. The molecule has 1 fully saturated rings. The summed E-state index contributed by atoms with van der Waals surface area (Å²) in [7, 11) is 0. The van der Waals surface area contributed by atoms with Crippen molar-refractivity contribution in [2.45, 2.75) is 26.4 Å². The second-order valence-electron chi connectivity index (χ2n) is 4.96. The van der Waals surface area contributed by atoms with Crippen molar-refractivity contribution in [1.82, 2.24) is 19.6 Å². The van der Waals surface area contributed by atoms with Crippen molar-refractivity contribution in [2.75, 3.05) is 19.6 Å². The number of thiazole rings is 1. The summed E-state index contributed by atoms with van der Waals surface area (Å²) >= 11 is 1.53. The fourth-order valence-electron chi connectivity index (χ4n) is 2.42. The highest BCUT2D eigenvalue weighted by molar-refractivity contribution is 7.15. The van der Waals surface area contributed by atoms with E-state index in [0.29, 0.717) is 6.04 Å². The minimum absolute atomic E-state index is 0.0292. The molecule has 3 rings (SSSR count). The lowest BCUT2D eigenvalue weighted by Gasteiger charge is -2.37. The molecule has 0 spiro atoms. The van der Waals surface area contributed by atoms with Crippen molar-refractivity contribution < 1.29 is 0 Å². The summed E-state index contributed by atoms with van der Waals surface area (Å²) in [5.74, 6) is 0. The highest BCUT2D eigenvalue weighted by Gasteiger charge is 2.23. The number of hydrogen-bond acceptors (Lipinski definition) is 5. The molecule has 2 aromatic rings. The molecule has 0 radical (unpaired) electrons. The van der Waals surface area contributed by atoms with E-state index in [1.807, 2.05) is 12.3 Å². The molecule has 6 heteroatoms. The van der Waals surface area contributed by atoms with Crippen molar-refractivity contribution in [3.8, 4) is 0 Å². The Hall–Kier alpha value is -1.24. The van der Waals surface area contributed by atoms with Crippen molar-refractivity contribution in [1.29, 1.82) is 0 Å². The van der Waals surface area contributed by atoms with Crippen LogP contribution in [0.5, 0.6) is 0 Å². The predicted octanol–water partition coefficient (Wildman–Crippen LogP) is 0.858. The second-order valence-corrected chi connectivity index (χ2v) is 5.79. The Morgan fingerprint density at radius 3 is 3.00 bits per heavy atom. The van der Waals surface area contributed by atoms with Gasteiger partial charge in [0.25, 0.3) is 5.56 Å². The number of likely N-dealkylation sites (N-methyl/N-ethyl adjacent to an activating group) is 1. The van der Waals surface area contributed by atoms with Gasteiger partial charge >= 0.3 is 0 Å². The van der Waals surface area contributed by atoms with Crippen LogP contribution in [0.4, 0.5) is 0 Å². The average Bonchev–Trinajstić information content (AvgIpc) is 2.68. The van der Waals surface area contributed by atoms with Crippen LogP contribution < -0.4 is 10.9 Å². The molecule has 0 saturated carbocycles.